The van der Waals surface area contributed by atoms with Crippen LogP contribution in [0, 0.1) is 0 Å². The first kappa shape index (κ1) is 10.7. The molecule has 16 heavy (non-hydrogen) atoms. The van der Waals surface area contributed by atoms with Gasteiger partial charge in [0.05, 0.1) is 0 Å². The van der Waals surface area contributed by atoms with Gasteiger partial charge in [-0.3, -0.25) is 5.43 Å². The van der Waals surface area contributed by atoms with Gasteiger partial charge < -0.3 is 4.42 Å². The summed E-state index contributed by atoms with van der Waals surface area (Å²) < 4.78 is 5.11. The number of hydrazine groups is 1. The summed E-state index contributed by atoms with van der Waals surface area (Å²) in [7, 11) is 0. The van der Waals surface area contributed by atoms with Gasteiger partial charge in [-0.1, -0.05) is 34.9 Å². The van der Waals surface area contributed by atoms with E-state index in [0.29, 0.717) is 10.9 Å². The van der Waals surface area contributed by atoms with Crippen molar-refractivity contribution in [2.75, 3.05) is 5.43 Å². The monoisotopic (exact) mass is 236 g/mol. The summed E-state index contributed by atoms with van der Waals surface area (Å²) in [5, 5.41) is 8.04. The van der Waals surface area contributed by atoms with Gasteiger partial charge in [-0.05, 0) is 17.7 Å². The molecule has 0 spiro atoms. The number of hydrogen-bond acceptors (Lipinski definition) is 5. The minimum Gasteiger partial charge on any atom is -0.403 e. The van der Waals surface area contributed by atoms with Crippen molar-refractivity contribution in [3.05, 3.63) is 40.7 Å². The second kappa shape index (κ2) is 4.78. The molecular weight excluding hydrogens is 228 g/mol. The van der Waals surface area contributed by atoms with E-state index in [1.807, 2.05) is 24.3 Å². The van der Waals surface area contributed by atoms with Crippen molar-refractivity contribution in [1.82, 2.24) is 10.2 Å². The lowest BCUT2D eigenvalue weighted by atomic mass is 10.2. The molecule has 0 aliphatic heterocycles. The maximum Gasteiger partial charge on any atom is 0.330 e. The summed E-state index contributed by atoms with van der Waals surface area (Å²) in [4.78, 5) is 0. The van der Waals surface area contributed by atoms with Crippen molar-refractivity contribution in [3.63, 3.8) is 0 Å². The molecule has 0 aliphatic carbocycles. The summed E-state index contributed by atoms with van der Waals surface area (Å²) in [6, 6.07) is 7.62. The maximum atomic E-state index is 5.97. The molecule has 82 valence electrons. The minimum absolute atomic E-state index is 0.166. The van der Waals surface area contributed by atoms with Crippen molar-refractivity contribution < 1.29 is 4.42 Å². The second-order valence-electron chi connectivity index (χ2n) is 2.94. The number of nitrogen functional groups attached to an aromatic ring is 1. The molecule has 6 heteroatoms. The van der Waals surface area contributed by atoms with Gasteiger partial charge in [0.15, 0.2) is 0 Å². The van der Waals surface area contributed by atoms with E-state index in [1.54, 1.807) is 12.2 Å². The smallest absolute Gasteiger partial charge is 0.330 e. The van der Waals surface area contributed by atoms with Crippen LogP contribution in [0.4, 0.5) is 6.01 Å². The first-order valence-corrected chi connectivity index (χ1v) is 4.90. The molecule has 0 radical (unpaired) electrons. The molecule has 5 nitrogen and oxygen atoms in total. The predicted molar refractivity (Wildman–Crippen MR) is 62.5 cm³/mol. The maximum absolute atomic E-state index is 5.97. The summed E-state index contributed by atoms with van der Waals surface area (Å²) >= 11 is 5.97. The third kappa shape index (κ3) is 2.39. The Morgan fingerprint density at radius 1 is 1.25 bits per heavy atom. The number of nitrogens with one attached hydrogen (secondary N) is 1. The molecule has 2 aromatic rings. The quantitative estimate of drug-likeness (QED) is 0.631. The van der Waals surface area contributed by atoms with E-state index in [4.69, 9.17) is 21.9 Å². The van der Waals surface area contributed by atoms with Crippen LogP contribution in [0.2, 0.25) is 5.02 Å². The Morgan fingerprint density at radius 3 is 2.75 bits per heavy atom. The summed E-state index contributed by atoms with van der Waals surface area (Å²) in [5.74, 6) is 5.46. The molecule has 1 heterocycles. The molecule has 0 bridgehead atoms. The average Bonchev–Trinajstić information content (AvgIpc) is 2.76. The lowest BCUT2D eigenvalue weighted by Crippen LogP contribution is -2.06. The number of halogens is 1. The zero-order valence-electron chi connectivity index (χ0n) is 8.22. The largest absolute Gasteiger partial charge is 0.403 e. The fraction of sp³-hybridized carbons (Fsp3) is 0. The molecule has 0 saturated heterocycles. The van der Waals surface area contributed by atoms with Crippen LogP contribution in [-0.2, 0) is 0 Å². The van der Waals surface area contributed by atoms with Gasteiger partial charge in [0.2, 0.25) is 5.89 Å². The highest BCUT2D eigenvalue weighted by atomic mass is 35.5. The Hall–Kier alpha value is -1.85. The normalized spacial score (nSPS) is 10.9. The second-order valence-corrected chi connectivity index (χ2v) is 3.35. The SMILES string of the molecule is NNc1nnc(/C=C/c2ccccc2Cl)o1. The molecule has 1 aromatic carbocycles. The fourth-order valence-corrected chi connectivity index (χ4v) is 1.33. The van der Waals surface area contributed by atoms with Gasteiger partial charge in [0, 0.05) is 11.1 Å². The summed E-state index contributed by atoms with van der Waals surface area (Å²) in [6.45, 7) is 0. The van der Waals surface area contributed by atoms with Crippen LogP contribution >= 0.6 is 11.6 Å². The van der Waals surface area contributed by atoms with Crippen molar-refractivity contribution in [1.29, 1.82) is 0 Å². The highest BCUT2D eigenvalue weighted by molar-refractivity contribution is 6.32. The van der Waals surface area contributed by atoms with Crippen molar-refractivity contribution >= 4 is 29.8 Å². The molecule has 2 rings (SSSR count). The molecule has 0 fully saturated rings. The molecule has 0 atom stereocenters. The first-order chi connectivity index (χ1) is 7.79. The van der Waals surface area contributed by atoms with E-state index in [-0.39, 0.29) is 6.01 Å². The van der Waals surface area contributed by atoms with Crippen LogP contribution in [0.3, 0.4) is 0 Å². The lowest BCUT2D eigenvalue weighted by Gasteiger charge is -1.94. The zero-order chi connectivity index (χ0) is 11.4. The van der Waals surface area contributed by atoms with E-state index in [1.165, 1.54) is 0 Å². The van der Waals surface area contributed by atoms with E-state index in [2.05, 4.69) is 15.6 Å². The van der Waals surface area contributed by atoms with Crippen molar-refractivity contribution in [2.24, 2.45) is 5.84 Å². The molecule has 1 aromatic heterocycles. The topological polar surface area (TPSA) is 77.0 Å². The Balaban J connectivity index is 2.18. The number of anilines is 1. The highest BCUT2D eigenvalue weighted by Gasteiger charge is 2.00. The van der Waals surface area contributed by atoms with Gasteiger partial charge >= 0.3 is 6.01 Å². The minimum atomic E-state index is 0.166. The Bertz CT molecular complexity index is 509. The lowest BCUT2D eigenvalue weighted by molar-refractivity contribution is 0.556. The van der Waals surface area contributed by atoms with E-state index in [9.17, 15) is 0 Å². The number of rotatable bonds is 3. The molecule has 0 unspecified atom stereocenters. The number of aromatic nitrogens is 2. The summed E-state index contributed by atoms with van der Waals surface area (Å²) in [5.41, 5.74) is 3.14. The zero-order valence-corrected chi connectivity index (χ0v) is 8.98. The van der Waals surface area contributed by atoms with Gasteiger partial charge in [-0.15, -0.1) is 5.10 Å². The molecule has 0 saturated carbocycles. The molecule has 0 aliphatic rings. The Morgan fingerprint density at radius 2 is 2.06 bits per heavy atom. The van der Waals surface area contributed by atoms with E-state index >= 15 is 0 Å². The summed E-state index contributed by atoms with van der Waals surface area (Å²) in [6.07, 6.45) is 3.45. The molecule has 0 amide bonds. The number of benzene rings is 1. The number of hydrogen-bond donors (Lipinski definition) is 2. The third-order valence-electron chi connectivity index (χ3n) is 1.87. The van der Waals surface area contributed by atoms with Crippen LogP contribution in [0.15, 0.2) is 28.7 Å². The first-order valence-electron chi connectivity index (χ1n) is 4.52. The fourth-order valence-electron chi connectivity index (χ4n) is 1.13. The van der Waals surface area contributed by atoms with Crippen molar-refractivity contribution in [3.8, 4) is 0 Å². The highest BCUT2D eigenvalue weighted by Crippen LogP contribution is 2.17. The van der Waals surface area contributed by atoms with Crippen molar-refractivity contribution in [2.45, 2.75) is 0 Å². The van der Waals surface area contributed by atoms with Crippen LogP contribution in [-0.4, -0.2) is 10.2 Å². The predicted octanol–water partition coefficient (Wildman–Crippen LogP) is 2.18. The standard InChI is InChI=1S/C10H9ClN4O/c11-8-4-2-1-3-7(8)5-6-9-14-15-10(13-12)16-9/h1-6H,12H2,(H,13,15)/b6-5+. The molecule has 3 N–H and O–H groups in total. The van der Waals surface area contributed by atoms with Crippen LogP contribution in [0.5, 0.6) is 0 Å². The Kier molecular flexibility index (Phi) is 3.19. The number of nitrogens with zero attached hydrogens (tertiary/aromatic N) is 2. The average molecular weight is 237 g/mol. The third-order valence-corrected chi connectivity index (χ3v) is 2.22. The number of nitrogens with two attached hydrogens (primary N) is 1. The molecular formula is C10H9ClN4O. The van der Waals surface area contributed by atoms with Gasteiger partial charge in [-0.2, -0.15) is 0 Å². The van der Waals surface area contributed by atoms with Crippen LogP contribution in [0.1, 0.15) is 11.5 Å². The van der Waals surface area contributed by atoms with Gasteiger partial charge in [0.25, 0.3) is 0 Å². The van der Waals surface area contributed by atoms with Gasteiger partial charge in [-0.25, -0.2) is 5.84 Å². The van der Waals surface area contributed by atoms with Gasteiger partial charge in [0.1, 0.15) is 0 Å². The van der Waals surface area contributed by atoms with E-state index < -0.39 is 0 Å². The van der Waals surface area contributed by atoms with E-state index in [0.717, 1.165) is 5.56 Å². The van der Waals surface area contributed by atoms with Crippen LogP contribution in [0.25, 0.3) is 12.2 Å². The Labute approximate surface area is 96.9 Å². The van der Waals surface area contributed by atoms with Crippen LogP contribution < -0.4 is 11.3 Å².